The summed E-state index contributed by atoms with van der Waals surface area (Å²) in [6.45, 7) is 1.84. The summed E-state index contributed by atoms with van der Waals surface area (Å²) in [5, 5.41) is 3.18. The molecule has 0 aromatic carbocycles. The highest BCUT2D eigenvalue weighted by Crippen LogP contribution is 2.34. The van der Waals surface area contributed by atoms with E-state index in [9.17, 15) is 4.79 Å². The summed E-state index contributed by atoms with van der Waals surface area (Å²) in [7, 11) is 1.96. The third kappa shape index (κ3) is 3.80. The third-order valence-electron chi connectivity index (χ3n) is 3.50. The van der Waals surface area contributed by atoms with Crippen LogP contribution >= 0.6 is 43.2 Å². The first-order chi connectivity index (χ1) is 9.13. The number of carbonyl (C=O) groups excluding carboxylic acids is 1. The first-order valence-electron chi connectivity index (χ1n) is 6.54. The van der Waals surface area contributed by atoms with Crippen LogP contribution in [-0.4, -0.2) is 37.0 Å². The van der Waals surface area contributed by atoms with Crippen LogP contribution in [0.5, 0.6) is 0 Å². The van der Waals surface area contributed by atoms with Crippen molar-refractivity contribution >= 4 is 49.1 Å². The minimum Gasteiger partial charge on any atom is -0.336 e. The molecule has 1 N–H and O–H groups in total. The Hall–Kier alpha value is 0.0900. The summed E-state index contributed by atoms with van der Waals surface area (Å²) >= 11 is 8.48. The van der Waals surface area contributed by atoms with Gasteiger partial charge in [0.25, 0.3) is 5.91 Å². The second-order valence-electron chi connectivity index (χ2n) is 4.78. The Morgan fingerprint density at radius 1 is 1.53 bits per heavy atom. The number of carbonyl (C=O) groups is 1. The number of hydrogen-bond donors (Lipinski definition) is 1. The predicted octanol–water partition coefficient (Wildman–Crippen LogP) is 3.88. The number of likely N-dealkylation sites (tertiary alicyclic amines) is 1. The molecule has 1 fully saturated rings. The fourth-order valence-electron chi connectivity index (χ4n) is 2.52. The summed E-state index contributed by atoms with van der Waals surface area (Å²) in [5.41, 5.74) is 0.785. The van der Waals surface area contributed by atoms with Gasteiger partial charge in [-0.05, 0) is 77.2 Å². The molecule has 19 heavy (non-hydrogen) atoms. The summed E-state index contributed by atoms with van der Waals surface area (Å²) in [6, 6.07) is 2.29. The van der Waals surface area contributed by atoms with Crippen molar-refractivity contribution in [2.75, 3.05) is 20.1 Å². The van der Waals surface area contributed by atoms with Crippen LogP contribution in [0.3, 0.4) is 0 Å². The van der Waals surface area contributed by atoms with Gasteiger partial charge in [0.15, 0.2) is 0 Å². The van der Waals surface area contributed by atoms with Gasteiger partial charge in [0.1, 0.15) is 0 Å². The zero-order valence-electron chi connectivity index (χ0n) is 10.9. The van der Waals surface area contributed by atoms with Crippen molar-refractivity contribution in [1.29, 1.82) is 0 Å². The fraction of sp³-hybridized carbons (Fsp3) is 0.615. The molecule has 1 unspecified atom stereocenters. The van der Waals surface area contributed by atoms with Gasteiger partial charge in [-0.25, -0.2) is 0 Å². The molecule has 3 nitrogen and oxygen atoms in total. The Bertz CT molecular complexity index is 450. The smallest absolute Gasteiger partial charge is 0.256 e. The Balaban J connectivity index is 2.13. The van der Waals surface area contributed by atoms with E-state index in [0.29, 0.717) is 6.04 Å². The molecule has 1 atom stereocenters. The number of hydrogen-bond acceptors (Lipinski definition) is 3. The van der Waals surface area contributed by atoms with Gasteiger partial charge in [-0.2, -0.15) is 0 Å². The molecule has 0 saturated carbocycles. The standard InChI is InChI=1S/C13H18Br2N2OS/c1-16-6-5-9-4-2-3-7-17(9)13(18)10-8-11(14)19-12(10)15/h8-9,16H,2-7H2,1H3. The van der Waals surface area contributed by atoms with E-state index >= 15 is 0 Å². The molecule has 1 aliphatic rings. The van der Waals surface area contributed by atoms with Gasteiger partial charge in [-0.1, -0.05) is 0 Å². The van der Waals surface area contributed by atoms with Crippen LogP contribution in [0, 0.1) is 0 Å². The van der Waals surface area contributed by atoms with Crippen LogP contribution in [0.15, 0.2) is 13.6 Å². The van der Waals surface area contributed by atoms with Crippen LogP contribution in [0.2, 0.25) is 0 Å². The number of nitrogens with zero attached hydrogens (tertiary/aromatic N) is 1. The van der Waals surface area contributed by atoms with Crippen molar-refractivity contribution in [3.05, 3.63) is 19.2 Å². The number of thiophene rings is 1. The van der Waals surface area contributed by atoms with Gasteiger partial charge in [0.05, 0.1) is 13.1 Å². The molecule has 0 spiro atoms. The molecule has 106 valence electrons. The Morgan fingerprint density at radius 3 is 2.95 bits per heavy atom. The molecular formula is C13H18Br2N2OS. The largest absolute Gasteiger partial charge is 0.336 e. The lowest BCUT2D eigenvalue weighted by molar-refractivity contribution is 0.0602. The maximum Gasteiger partial charge on any atom is 0.256 e. The van der Waals surface area contributed by atoms with Gasteiger partial charge >= 0.3 is 0 Å². The molecule has 2 rings (SSSR count). The molecule has 0 bridgehead atoms. The molecule has 1 aliphatic heterocycles. The topological polar surface area (TPSA) is 32.3 Å². The molecule has 2 heterocycles. The molecule has 1 amide bonds. The van der Waals surface area contributed by atoms with E-state index in [4.69, 9.17) is 0 Å². The van der Waals surface area contributed by atoms with E-state index in [-0.39, 0.29) is 5.91 Å². The maximum absolute atomic E-state index is 12.7. The first-order valence-corrected chi connectivity index (χ1v) is 8.94. The monoisotopic (exact) mass is 408 g/mol. The average Bonchev–Trinajstić information content (AvgIpc) is 2.75. The quantitative estimate of drug-likeness (QED) is 0.818. The Labute approximate surface area is 135 Å². The molecule has 1 saturated heterocycles. The minimum atomic E-state index is 0.162. The van der Waals surface area contributed by atoms with Crippen molar-refractivity contribution in [3.63, 3.8) is 0 Å². The molecule has 1 aromatic rings. The number of piperidine rings is 1. The van der Waals surface area contributed by atoms with Crippen LogP contribution in [0.1, 0.15) is 36.0 Å². The van der Waals surface area contributed by atoms with Crippen LogP contribution in [-0.2, 0) is 0 Å². The zero-order valence-corrected chi connectivity index (χ0v) is 14.9. The highest BCUT2D eigenvalue weighted by molar-refractivity contribution is 9.12. The van der Waals surface area contributed by atoms with Crippen molar-refractivity contribution < 1.29 is 4.79 Å². The number of nitrogens with one attached hydrogen (secondary N) is 1. The van der Waals surface area contributed by atoms with E-state index in [1.807, 2.05) is 13.1 Å². The second-order valence-corrected chi connectivity index (χ2v) is 8.53. The van der Waals surface area contributed by atoms with E-state index in [2.05, 4.69) is 42.1 Å². The fourth-order valence-corrected chi connectivity index (χ4v) is 5.30. The number of rotatable bonds is 4. The minimum absolute atomic E-state index is 0.162. The van der Waals surface area contributed by atoms with Gasteiger partial charge in [-0.3, -0.25) is 4.79 Å². The van der Waals surface area contributed by atoms with Gasteiger partial charge in [-0.15, -0.1) is 11.3 Å². The van der Waals surface area contributed by atoms with Gasteiger partial charge < -0.3 is 10.2 Å². The van der Waals surface area contributed by atoms with Crippen LogP contribution < -0.4 is 5.32 Å². The number of amides is 1. The highest BCUT2D eigenvalue weighted by Gasteiger charge is 2.28. The van der Waals surface area contributed by atoms with E-state index in [0.717, 1.165) is 45.5 Å². The van der Waals surface area contributed by atoms with E-state index in [1.54, 1.807) is 11.3 Å². The lowest BCUT2D eigenvalue weighted by Gasteiger charge is -2.36. The maximum atomic E-state index is 12.7. The van der Waals surface area contributed by atoms with E-state index < -0.39 is 0 Å². The molecule has 1 aromatic heterocycles. The van der Waals surface area contributed by atoms with Crippen molar-refractivity contribution in [3.8, 4) is 0 Å². The van der Waals surface area contributed by atoms with E-state index in [1.165, 1.54) is 6.42 Å². The van der Waals surface area contributed by atoms with Crippen LogP contribution in [0.25, 0.3) is 0 Å². The summed E-state index contributed by atoms with van der Waals surface area (Å²) in [6.07, 6.45) is 4.50. The Kier molecular flexibility index (Phi) is 5.87. The lowest BCUT2D eigenvalue weighted by Crippen LogP contribution is -2.44. The highest BCUT2D eigenvalue weighted by atomic mass is 79.9. The molecule has 6 heteroatoms. The van der Waals surface area contributed by atoms with Gasteiger partial charge in [0.2, 0.25) is 0 Å². The normalized spacial score (nSPS) is 19.7. The Morgan fingerprint density at radius 2 is 2.32 bits per heavy atom. The molecular weight excluding hydrogens is 392 g/mol. The molecule has 0 aliphatic carbocycles. The summed E-state index contributed by atoms with van der Waals surface area (Å²) in [5.74, 6) is 0.162. The van der Waals surface area contributed by atoms with Crippen molar-refractivity contribution in [1.82, 2.24) is 10.2 Å². The third-order valence-corrected chi connectivity index (χ3v) is 5.84. The SMILES string of the molecule is CNCCC1CCCCN1C(=O)c1cc(Br)sc1Br. The van der Waals surface area contributed by atoms with Gasteiger partial charge in [0, 0.05) is 12.6 Å². The number of halogens is 2. The second kappa shape index (κ2) is 7.20. The lowest BCUT2D eigenvalue weighted by atomic mass is 9.98. The molecule has 0 radical (unpaired) electrons. The van der Waals surface area contributed by atoms with Crippen LogP contribution in [0.4, 0.5) is 0 Å². The summed E-state index contributed by atoms with van der Waals surface area (Å²) in [4.78, 5) is 14.7. The van der Waals surface area contributed by atoms with Crippen molar-refractivity contribution in [2.24, 2.45) is 0 Å². The predicted molar refractivity (Wildman–Crippen MR) is 86.9 cm³/mol. The average molecular weight is 410 g/mol. The summed E-state index contributed by atoms with van der Waals surface area (Å²) < 4.78 is 1.91. The van der Waals surface area contributed by atoms with Crippen molar-refractivity contribution in [2.45, 2.75) is 31.7 Å². The first kappa shape index (κ1) is 15.5. The zero-order chi connectivity index (χ0) is 13.8.